The van der Waals surface area contributed by atoms with Crippen molar-refractivity contribution in [2.75, 3.05) is 13.2 Å². The van der Waals surface area contributed by atoms with Crippen molar-refractivity contribution in [3.8, 4) is 0 Å². The first kappa shape index (κ1) is 73.9. The number of hydrogen-bond donors (Lipinski definition) is 0. The number of rotatable bonds is 64. The van der Waals surface area contributed by atoms with E-state index in [0.29, 0.717) is 19.3 Å². The van der Waals surface area contributed by atoms with E-state index < -0.39 is 6.10 Å². The van der Waals surface area contributed by atoms with Gasteiger partial charge in [0.2, 0.25) is 0 Å². The van der Waals surface area contributed by atoms with Crippen molar-refractivity contribution >= 4 is 17.9 Å². The molecule has 0 spiro atoms. The quantitative estimate of drug-likeness (QED) is 0.0261. The Morgan fingerprint density at radius 2 is 0.474 bits per heavy atom. The molecule has 0 rings (SSSR count). The molecule has 0 amide bonds. The second-order valence-corrected chi connectivity index (χ2v) is 23.5. The summed E-state index contributed by atoms with van der Waals surface area (Å²) in [6.45, 7) is 6.66. The molecule has 0 radical (unpaired) electrons. The Morgan fingerprint density at radius 1 is 0.263 bits per heavy atom. The molecule has 0 aromatic heterocycles. The van der Waals surface area contributed by atoms with E-state index >= 15 is 0 Å². The highest BCUT2D eigenvalue weighted by Gasteiger charge is 2.19. The van der Waals surface area contributed by atoms with E-state index in [9.17, 15) is 14.4 Å². The molecule has 0 heterocycles. The third kappa shape index (κ3) is 62.7. The van der Waals surface area contributed by atoms with Gasteiger partial charge in [-0.1, -0.05) is 340 Å². The summed E-state index contributed by atoms with van der Waals surface area (Å²) in [5.74, 6) is -0.842. The minimum Gasteiger partial charge on any atom is -0.462 e. The van der Waals surface area contributed by atoms with Crippen molar-refractivity contribution in [1.82, 2.24) is 0 Å². The summed E-state index contributed by atoms with van der Waals surface area (Å²) in [4.78, 5) is 38.1. The van der Waals surface area contributed by atoms with Crippen molar-refractivity contribution in [1.29, 1.82) is 0 Å². The molecule has 0 saturated heterocycles. The zero-order valence-corrected chi connectivity index (χ0v) is 51.6. The summed E-state index contributed by atoms with van der Waals surface area (Å²) in [6.07, 6.45) is 79.5. The number of esters is 3. The van der Waals surface area contributed by atoms with Crippen LogP contribution in [-0.4, -0.2) is 37.2 Å². The Labute approximate surface area is 474 Å². The van der Waals surface area contributed by atoms with Crippen molar-refractivity contribution in [3.05, 3.63) is 24.3 Å². The highest BCUT2D eigenvalue weighted by atomic mass is 16.6. The lowest BCUT2D eigenvalue weighted by Gasteiger charge is -2.18. The number of carbonyl (C=O) groups is 3. The Balaban J connectivity index is 4.01. The maximum absolute atomic E-state index is 12.9. The molecule has 1 unspecified atom stereocenters. The van der Waals surface area contributed by atoms with Crippen LogP contribution in [-0.2, 0) is 28.6 Å². The highest BCUT2D eigenvalue weighted by molar-refractivity contribution is 5.71. The van der Waals surface area contributed by atoms with Gasteiger partial charge in [-0.2, -0.15) is 0 Å². The van der Waals surface area contributed by atoms with Gasteiger partial charge in [0.05, 0.1) is 0 Å². The molecule has 0 fully saturated rings. The van der Waals surface area contributed by atoms with Gasteiger partial charge in [-0.25, -0.2) is 0 Å². The largest absolute Gasteiger partial charge is 0.462 e. The van der Waals surface area contributed by atoms with Gasteiger partial charge in [0.25, 0.3) is 0 Å². The summed E-state index contributed by atoms with van der Waals surface area (Å²) in [7, 11) is 0. The van der Waals surface area contributed by atoms with Crippen LogP contribution in [0.25, 0.3) is 0 Å². The van der Waals surface area contributed by atoms with E-state index in [4.69, 9.17) is 14.2 Å². The van der Waals surface area contributed by atoms with Crippen LogP contribution in [0.5, 0.6) is 0 Å². The van der Waals surface area contributed by atoms with Crippen molar-refractivity contribution in [3.63, 3.8) is 0 Å². The van der Waals surface area contributed by atoms with Gasteiger partial charge in [0.1, 0.15) is 13.2 Å². The Hall–Kier alpha value is -2.11. The normalized spacial score (nSPS) is 12.1. The number of ether oxygens (including phenoxy) is 3. The fraction of sp³-hybridized carbons (Fsp3) is 0.900. The number of carbonyl (C=O) groups excluding carboxylic acids is 3. The second kappa shape index (κ2) is 65.4. The van der Waals surface area contributed by atoms with E-state index in [0.717, 1.165) is 64.2 Å². The molecule has 0 saturated carbocycles. The van der Waals surface area contributed by atoms with E-state index in [2.05, 4.69) is 45.1 Å². The first-order valence-electron chi connectivity index (χ1n) is 34.3. The van der Waals surface area contributed by atoms with Crippen LogP contribution < -0.4 is 0 Å². The summed E-state index contributed by atoms with van der Waals surface area (Å²) in [6, 6.07) is 0. The molecule has 0 aliphatic rings. The third-order valence-corrected chi connectivity index (χ3v) is 15.7. The van der Waals surface area contributed by atoms with Gasteiger partial charge < -0.3 is 14.2 Å². The Bertz CT molecular complexity index is 1230. The molecule has 0 aliphatic heterocycles. The third-order valence-electron chi connectivity index (χ3n) is 15.7. The molecule has 0 aromatic carbocycles. The molecule has 1 atom stereocenters. The van der Waals surface area contributed by atoms with Crippen molar-refractivity contribution < 1.29 is 28.6 Å². The van der Waals surface area contributed by atoms with Crippen molar-refractivity contribution in [2.45, 2.75) is 393 Å². The summed E-state index contributed by atoms with van der Waals surface area (Å²) < 4.78 is 16.9. The maximum Gasteiger partial charge on any atom is 0.306 e. The fourth-order valence-corrected chi connectivity index (χ4v) is 10.5. The van der Waals surface area contributed by atoms with Crippen LogP contribution in [0.1, 0.15) is 387 Å². The van der Waals surface area contributed by atoms with E-state index in [1.165, 1.54) is 283 Å². The number of hydrogen-bond acceptors (Lipinski definition) is 6. The van der Waals surface area contributed by atoms with Crippen molar-refractivity contribution in [2.24, 2.45) is 0 Å². The lowest BCUT2D eigenvalue weighted by Crippen LogP contribution is -2.30. The fourth-order valence-electron chi connectivity index (χ4n) is 10.5. The number of unbranched alkanes of at least 4 members (excludes halogenated alkanes) is 49. The molecule has 448 valence electrons. The predicted octanol–water partition coefficient (Wildman–Crippen LogP) is 23.4. The molecule has 0 bridgehead atoms. The van der Waals surface area contributed by atoms with Gasteiger partial charge in [-0.15, -0.1) is 0 Å². The lowest BCUT2D eigenvalue weighted by molar-refractivity contribution is -0.167. The van der Waals surface area contributed by atoms with Gasteiger partial charge in [-0.05, 0) is 51.4 Å². The minimum absolute atomic E-state index is 0.0645. The van der Waals surface area contributed by atoms with Crippen LogP contribution >= 0.6 is 0 Å². The topological polar surface area (TPSA) is 78.9 Å². The SMILES string of the molecule is CCCCCCC/C=C\C/C=C\CCCCCCCCCCCCCCCCCCCC(=O)OCC(COC(=O)CCCCCCCCC)OC(=O)CCCCCCCCCCCCCCCCCCCCCCCC. The average Bonchev–Trinajstić information content (AvgIpc) is 3.42. The van der Waals surface area contributed by atoms with Gasteiger partial charge in [0.15, 0.2) is 6.10 Å². The Kier molecular flexibility index (Phi) is 63.6. The second-order valence-electron chi connectivity index (χ2n) is 23.5. The predicted molar refractivity (Wildman–Crippen MR) is 330 cm³/mol. The van der Waals surface area contributed by atoms with Gasteiger partial charge in [-0.3, -0.25) is 14.4 Å². The molecule has 0 N–H and O–H groups in total. The zero-order valence-electron chi connectivity index (χ0n) is 51.6. The van der Waals surface area contributed by atoms with Crippen LogP contribution in [0.4, 0.5) is 0 Å². The van der Waals surface area contributed by atoms with E-state index in [-0.39, 0.29) is 31.1 Å². The van der Waals surface area contributed by atoms with E-state index in [1.807, 2.05) is 0 Å². The molecule has 0 aromatic rings. The van der Waals surface area contributed by atoms with Gasteiger partial charge in [0, 0.05) is 19.3 Å². The standard InChI is InChI=1S/C70H132O6/c1-4-7-10-13-16-18-20-22-24-26-28-30-32-33-34-35-36-37-38-40-41-43-45-47-49-51-54-57-60-63-69(72)75-66-67(65-74-68(71)62-59-56-53-15-12-9-6-3)76-70(73)64-61-58-55-52-50-48-46-44-42-39-31-29-27-25-23-21-19-17-14-11-8-5-2/h20,22,26,28,67H,4-19,21,23-25,27,29-66H2,1-3H3/b22-20-,28-26-. The van der Waals surface area contributed by atoms with Gasteiger partial charge >= 0.3 is 17.9 Å². The number of allylic oxidation sites excluding steroid dienone is 4. The van der Waals surface area contributed by atoms with Crippen LogP contribution in [0.3, 0.4) is 0 Å². The minimum atomic E-state index is -0.764. The Morgan fingerprint density at radius 3 is 0.724 bits per heavy atom. The summed E-state index contributed by atoms with van der Waals surface area (Å²) in [5, 5.41) is 0. The first-order chi connectivity index (χ1) is 37.5. The average molecular weight is 1070 g/mol. The molecule has 0 aliphatic carbocycles. The monoisotopic (exact) mass is 1070 g/mol. The smallest absolute Gasteiger partial charge is 0.306 e. The highest BCUT2D eigenvalue weighted by Crippen LogP contribution is 2.19. The maximum atomic E-state index is 12.9. The lowest BCUT2D eigenvalue weighted by atomic mass is 10.0. The molecule has 6 nitrogen and oxygen atoms in total. The first-order valence-corrected chi connectivity index (χ1v) is 34.3. The molecular formula is C70H132O6. The molecule has 76 heavy (non-hydrogen) atoms. The molecule has 6 heteroatoms. The molecular weight excluding hydrogens is 937 g/mol. The van der Waals surface area contributed by atoms with Crippen LogP contribution in [0.2, 0.25) is 0 Å². The summed E-state index contributed by atoms with van der Waals surface area (Å²) in [5.41, 5.74) is 0. The summed E-state index contributed by atoms with van der Waals surface area (Å²) >= 11 is 0. The zero-order chi connectivity index (χ0) is 55.0. The van der Waals surface area contributed by atoms with Crippen LogP contribution in [0, 0.1) is 0 Å². The van der Waals surface area contributed by atoms with E-state index in [1.54, 1.807) is 0 Å². The van der Waals surface area contributed by atoms with Crippen LogP contribution in [0.15, 0.2) is 24.3 Å².